The van der Waals surface area contributed by atoms with Gasteiger partial charge in [0.2, 0.25) is 0 Å². The average Bonchev–Trinajstić information content (AvgIpc) is 3.61. The molecule has 0 N–H and O–H groups in total. The molecule has 0 radical (unpaired) electrons. The quantitative estimate of drug-likeness (QED) is 0.394. The van der Waals surface area contributed by atoms with Crippen molar-refractivity contribution in [1.29, 1.82) is 0 Å². The fourth-order valence-electron chi connectivity index (χ4n) is 6.12. The largest absolute Gasteiger partial charge is 0.352 e. The van der Waals surface area contributed by atoms with E-state index in [1.54, 1.807) is 48.5 Å². The van der Waals surface area contributed by atoms with Gasteiger partial charge >= 0.3 is 22.8 Å². The number of hydrogen-bond donors (Lipinski definition) is 0. The fourth-order valence-corrected chi connectivity index (χ4v) is 6.12. The summed E-state index contributed by atoms with van der Waals surface area (Å²) in [6.07, 6.45) is 8.62. The molecule has 10 nitrogen and oxygen atoms in total. The third kappa shape index (κ3) is 2.82. The number of rotatable bonds is 3. The first-order valence-corrected chi connectivity index (χ1v) is 12.5. The molecule has 3 aliphatic rings. The van der Waals surface area contributed by atoms with Gasteiger partial charge in [-0.15, -0.1) is 0 Å². The number of fused-ring (bicyclic) bond motifs is 4. The van der Waals surface area contributed by atoms with Gasteiger partial charge in [0, 0.05) is 0 Å². The highest BCUT2D eigenvalue weighted by atomic mass is 16.2. The maximum absolute atomic E-state index is 13.9. The van der Waals surface area contributed by atoms with Crippen molar-refractivity contribution in [1.82, 2.24) is 27.9 Å². The van der Waals surface area contributed by atoms with Crippen LogP contribution in [0.15, 0.2) is 115 Å². The van der Waals surface area contributed by atoms with Gasteiger partial charge in [-0.05, 0) is 48.8 Å². The summed E-state index contributed by atoms with van der Waals surface area (Å²) in [6, 6.07) is 17.0. The molecule has 10 heteroatoms. The van der Waals surface area contributed by atoms with Crippen LogP contribution >= 0.6 is 0 Å². The Labute approximate surface area is 215 Å². The summed E-state index contributed by atoms with van der Waals surface area (Å²) < 4.78 is 8.12. The summed E-state index contributed by atoms with van der Waals surface area (Å²) in [5, 5.41) is 0. The van der Waals surface area contributed by atoms with Crippen molar-refractivity contribution in [2.45, 2.75) is 38.0 Å². The lowest BCUT2D eigenvalue weighted by molar-refractivity contribution is 0.157. The van der Waals surface area contributed by atoms with Gasteiger partial charge in [-0.2, -0.15) is 0 Å². The van der Waals surface area contributed by atoms with Crippen molar-refractivity contribution in [3.63, 3.8) is 0 Å². The Morgan fingerprint density at radius 1 is 0.737 bits per heavy atom. The van der Waals surface area contributed by atoms with Crippen molar-refractivity contribution in [3.8, 4) is 11.4 Å². The molecule has 190 valence electrons. The van der Waals surface area contributed by atoms with Crippen LogP contribution in [0.2, 0.25) is 0 Å². The first kappa shape index (κ1) is 22.3. The van der Waals surface area contributed by atoms with Gasteiger partial charge in [-0.3, -0.25) is 0 Å². The zero-order chi connectivity index (χ0) is 26.2. The number of nitrogens with zero attached hydrogens (tertiary/aromatic N) is 6. The lowest BCUT2D eigenvalue weighted by Gasteiger charge is -2.45. The van der Waals surface area contributed by atoms with E-state index >= 15 is 0 Å². The molecular weight excluding hydrogens is 484 g/mol. The van der Waals surface area contributed by atoms with E-state index in [1.807, 2.05) is 43.4 Å². The number of para-hydroxylation sites is 2. The van der Waals surface area contributed by atoms with Crippen LogP contribution in [0.25, 0.3) is 11.4 Å². The molecule has 4 heterocycles. The molecule has 1 aliphatic carbocycles. The van der Waals surface area contributed by atoms with Gasteiger partial charge < -0.3 is 0 Å². The minimum atomic E-state index is -1.07. The Bertz CT molecular complexity index is 1940. The van der Waals surface area contributed by atoms with Gasteiger partial charge in [-0.25, -0.2) is 47.0 Å². The summed E-state index contributed by atoms with van der Waals surface area (Å²) in [7, 11) is 0. The second-order valence-corrected chi connectivity index (χ2v) is 9.95. The predicted octanol–water partition coefficient (Wildman–Crippen LogP) is 1.71. The first-order valence-electron chi connectivity index (χ1n) is 12.5. The van der Waals surface area contributed by atoms with Crippen LogP contribution in [0.4, 0.5) is 0 Å². The van der Waals surface area contributed by atoms with Crippen molar-refractivity contribution >= 4 is 0 Å². The van der Waals surface area contributed by atoms with Crippen LogP contribution in [0.5, 0.6) is 0 Å². The molecule has 2 unspecified atom stereocenters. The molecule has 4 aromatic rings. The number of benzene rings is 2. The highest BCUT2D eigenvalue weighted by Crippen LogP contribution is 2.43. The van der Waals surface area contributed by atoms with E-state index in [-0.39, 0.29) is 13.1 Å². The topological polar surface area (TPSA) is 97.9 Å². The SMILES string of the molecule is CC12Cn3c(=O)n(-c4ccccc4)c(=O)n3C(C3=CCC=C3)C1=CCn1c(=O)n(-c3ccccc3)c(=O)n12. The Hall–Kier alpha value is -4.86. The van der Waals surface area contributed by atoms with E-state index in [0.29, 0.717) is 17.8 Å². The minimum Gasteiger partial charge on any atom is -0.246 e. The van der Waals surface area contributed by atoms with Crippen LogP contribution in [0.3, 0.4) is 0 Å². The van der Waals surface area contributed by atoms with E-state index in [0.717, 1.165) is 15.7 Å². The second kappa shape index (κ2) is 7.82. The monoisotopic (exact) mass is 508 g/mol. The summed E-state index contributed by atoms with van der Waals surface area (Å²) in [5.41, 5.74) is -0.351. The van der Waals surface area contributed by atoms with Crippen LogP contribution in [0.1, 0.15) is 19.4 Å². The maximum atomic E-state index is 13.9. The molecule has 0 spiro atoms. The Morgan fingerprint density at radius 2 is 1.34 bits per heavy atom. The van der Waals surface area contributed by atoms with Crippen LogP contribution in [0, 0.1) is 0 Å². The third-order valence-corrected chi connectivity index (χ3v) is 7.80. The van der Waals surface area contributed by atoms with E-state index in [1.165, 1.54) is 23.3 Å². The molecule has 0 fully saturated rings. The van der Waals surface area contributed by atoms with Crippen molar-refractivity contribution < 1.29 is 0 Å². The standard InChI is InChI=1S/C28H24N6O4/c1-28-18-30-25(36)31(20-12-4-2-5-13-20)26(37)33(30)23(19-10-8-9-11-19)22(28)16-17-29-24(35)32(27(38)34(28)29)21-14-6-3-7-15-21/h2-8,10-16,23H,9,17-18H2,1H3. The van der Waals surface area contributed by atoms with Crippen LogP contribution < -0.4 is 22.8 Å². The normalized spacial score (nSPS) is 21.4. The smallest absolute Gasteiger partial charge is 0.246 e. The van der Waals surface area contributed by atoms with Gasteiger partial charge in [0.25, 0.3) is 0 Å². The molecule has 0 amide bonds. The van der Waals surface area contributed by atoms with Crippen molar-refractivity contribution in [2.75, 3.05) is 0 Å². The van der Waals surface area contributed by atoms with Crippen LogP contribution in [-0.2, 0) is 18.6 Å². The third-order valence-electron chi connectivity index (χ3n) is 7.80. The molecule has 2 aromatic carbocycles. The predicted molar refractivity (Wildman–Crippen MR) is 141 cm³/mol. The van der Waals surface area contributed by atoms with Gasteiger partial charge in [0.15, 0.2) is 0 Å². The van der Waals surface area contributed by atoms with E-state index in [2.05, 4.69) is 0 Å². The first-order chi connectivity index (χ1) is 18.4. The lowest BCUT2D eigenvalue weighted by atomic mass is 9.81. The Kier molecular flexibility index (Phi) is 4.60. The molecule has 0 saturated carbocycles. The Morgan fingerprint density at radius 3 is 1.95 bits per heavy atom. The molecular formula is C28H24N6O4. The van der Waals surface area contributed by atoms with E-state index < -0.39 is 34.3 Å². The average molecular weight is 509 g/mol. The van der Waals surface area contributed by atoms with E-state index in [9.17, 15) is 19.2 Å². The van der Waals surface area contributed by atoms with Gasteiger partial charge in [-0.1, -0.05) is 60.7 Å². The highest BCUT2D eigenvalue weighted by molar-refractivity contribution is 5.42. The van der Waals surface area contributed by atoms with Crippen molar-refractivity contribution in [2.24, 2.45) is 0 Å². The molecule has 2 aliphatic heterocycles. The molecule has 2 atom stereocenters. The van der Waals surface area contributed by atoms with Gasteiger partial charge in [0.05, 0.1) is 24.5 Å². The molecule has 0 saturated heterocycles. The highest BCUT2D eigenvalue weighted by Gasteiger charge is 2.49. The van der Waals surface area contributed by atoms with Crippen LogP contribution in [-0.4, -0.2) is 27.9 Å². The summed E-state index contributed by atoms with van der Waals surface area (Å²) in [5.74, 6) is 0. The fraction of sp³-hybridized carbons (Fsp3) is 0.214. The molecule has 0 bridgehead atoms. The lowest BCUT2D eigenvalue weighted by Crippen LogP contribution is -2.56. The summed E-state index contributed by atoms with van der Waals surface area (Å²) in [6.45, 7) is 2.04. The summed E-state index contributed by atoms with van der Waals surface area (Å²) >= 11 is 0. The van der Waals surface area contributed by atoms with E-state index in [4.69, 9.17) is 0 Å². The molecule has 38 heavy (non-hydrogen) atoms. The zero-order valence-corrected chi connectivity index (χ0v) is 20.6. The molecule has 2 aromatic heterocycles. The second-order valence-electron chi connectivity index (χ2n) is 9.95. The zero-order valence-electron chi connectivity index (χ0n) is 20.6. The number of hydrogen-bond acceptors (Lipinski definition) is 4. The molecule has 7 rings (SSSR count). The number of aromatic nitrogens is 6. The van der Waals surface area contributed by atoms with Gasteiger partial charge in [0.1, 0.15) is 11.6 Å². The minimum absolute atomic E-state index is 0.0123. The number of allylic oxidation sites excluding steroid dienone is 6. The Balaban J connectivity index is 1.52. The summed E-state index contributed by atoms with van der Waals surface area (Å²) in [4.78, 5) is 55.0. The maximum Gasteiger partial charge on any atom is 0.352 e. The van der Waals surface area contributed by atoms with Crippen molar-refractivity contribution in [3.05, 3.63) is 138 Å².